The summed E-state index contributed by atoms with van der Waals surface area (Å²) in [5.74, 6) is 0.0579. The van der Waals surface area contributed by atoms with Gasteiger partial charge in [0.25, 0.3) is 5.56 Å². The minimum Gasteiger partial charge on any atom is -0.298 e. The van der Waals surface area contributed by atoms with E-state index in [2.05, 4.69) is 15.2 Å². The molecule has 0 radical (unpaired) electrons. The number of rotatable bonds is 6. The van der Waals surface area contributed by atoms with Gasteiger partial charge in [-0.15, -0.1) is 10.2 Å². The standard InChI is InChI=1S/C18H13Cl2N3O2S/c19-13-5-1-11(2-6-13)9-15-17(25)21-18(23-22-15)26-10-16(24)12-3-7-14(20)8-4-12/h1-8H,9-10H2,(H,21,23,25). The summed E-state index contributed by atoms with van der Waals surface area (Å²) in [6, 6.07) is 13.8. The third-order valence-electron chi connectivity index (χ3n) is 3.54. The van der Waals surface area contributed by atoms with E-state index in [1.807, 2.05) is 12.1 Å². The van der Waals surface area contributed by atoms with Gasteiger partial charge in [-0.25, -0.2) is 0 Å². The number of benzene rings is 2. The number of ketones is 1. The van der Waals surface area contributed by atoms with E-state index in [9.17, 15) is 9.59 Å². The molecule has 0 unspecified atom stereocenters. The van der Waals surface area contributed by atoms with Gasteiger partial charge >= 0.3 is 0 Å². The third kappa shape index (κ3) is 4.94. The summed E-state index contributed by atoms with van der Waals surface area (Å²) in [6.45, 7) is 0. The summed E-state index contributed by atoms with van der Waals surface area (Å²) in [6.07, 6.45) is 0.355. The van der Waals surface area contributed by atoms with E-state index < -0.39 is 0 Å². The molecule has 0 saturated carbocycles. The number of hydrogen-bond acceptors (Lipinski definition) is 5. The Morgan fingerprint density at radius 3 is 2.19 bits per heavy atom. The molecule has 3 rings (SSSR count). The zero-order valence-corrected chi connectivity index (χ0v) is 15.7. The smallest absolute Gasteiger partial charge is 0.273 e. The molecule has 0 aliphatic rings. The fraction of sp³-hybridized carbons (Fsp3) is 0.111. The Morgan fingerprint density at radius 1 is 0.962 bits per heavy atom. The average Bonchev–Trinajstić information content (AvgIpc) is 2.64. The summed E-state index contributed by atoms with van der Waals surface area (Å²) >= 11 is 12.8. The fourth-order valence-corrected chi connectivity index (χ4v) is 3.12. The van der Waals surface area contributed by atoms with Crippen molar-refractivity contribution < 1.29 is 4.79 Å². The van der Waals surface area contributed by atoms with E-state index in [-0.39, 0.29) is 17.1 Å². The first-order valence-electron chi connectivity index (χ1n) is 7.63. The van der Waals surface area contributed by atoms with Gasteiger partial charge in [0.2, 0.25) is 0 Å². The molecule has 0 aliphatic carbocycles. The van der Waals surface area contributed by atoms with E-state index in [0.29, 0.717) is 32.9 Å². The van der Waals surface area contributed by atoms with Crippen LogP contribution in [0.4, 0.5) is 0 Å². The normalized spacial score (nSPS) is 10.7. The van der Waals surface area contributed by atoms with E-state index in [4.69, 9.17) is 23.2 Å². The zero-order valence-electron chi connectivity index (χ0n) is 13.4. The van der Waals surface area contributed by atoms with Gasteiger partial charge in [0.15, 0.2) is 10.9 Å². The molecule has 0 bridgehead atoms. The Kier molecular flexibility index (Phi) is 6.08. The lowest BCUT2D eigenvalue weighted by Crippen LogP contribution is -2.18. The number of H-pyrrole nitrogens is 1. The number of thioether (sulfide) groups is 1. The molecule has 5 nitrogen and oxygen atoms in total. The van der Waals surface area contributed by atoms with Crippen LogP contribution in [-0.4, -0.2) is 26.7 Å². The largest absolute Gasteiger partial charge is 0.298 e. The van der Waals surface area contributed by atoms with Gasteiger partial charge in [-0.2, -0.15) is 0 Å². The Labute approximate surface area is 163 Å². The molecule has 1 heterocycles. The topological polar surface area (TPSA) is 75.7 Å². The van der Waals surface area contributed by atoms with Crippen LogP contribution in [0.2, 0.25) is 10.0 Å². The second-order valence-corrected chi connectivity index (χ2v) is 7.26. The molecule has 26 heavy (non-hydrogen) atoms. The van der Waals surface area contributed by atoms with Crippen LogP contribution < -0.4 is 5.56 Å². The van der Waals surface area contributed by atoms with Crippen LogP contribution in [0.25, 0.3) is 0 Å². The second kappa shape index (κ2) is 8.49. The third-order valence-corrected chi connectivity index (χ3v) is 4.90. The van der Waals surface area contributed by atoms with Crippen molar-refractivity contribution in [2.24, 2.45) is 0 Å². The van der Waals surface area contributed by atoms with Crippen molar-refractivity contribution >= 4 is 40.7 Å². The number of nitrogens with one attached hydrogen (secondary N) is 1. The highest BCUT2D eigenvalue weighted by atomic mass is 35.5. The van der Waals surface area contributed by atoms with Gasteiger partial charge in [0.1, 0.15) is 5.69 Å². The van der Waals surface area contributed by atoms with Gasteiger partial charge < -0.3 is 0 Å². The van der Waals surface area contributed by atoms with Crippen LogP contribution >= 0.6 is 35.0 Å². The van der Waals surface area contributed by atoms with Crippen molar-refractivity contribution in [2.45, 2.75) is 11.6 Å². The molecule has 132 valence electrons. The van der Waals surface area contributed by atoms with E-state index in [1.165, 1.54) is 0 Å². The maximum Gasteiger partial charge on any atom is 0.273 e. The van der Waals surface area contributed by atoms with Crippen LogP contribution in [0.15, 0.2) is 58.5 Å². The predicted octanol–water partition coefficient (Wildman–Crippen LogP) is 4.04. The number of Topliss-reactive ketones (excluding diaryl/α,β-unsaturated/α-hetero) is 1. The van der Waals surface area contributed by atoms with Crippen LogP contribution in [0.5, 0.6) is 0 Å². The Hall–Kier alpha value is -2.15. The van der Waals surface area contributed by atoms with Gasteiger partial charge in [0.05, 0.1) is 5.75 Å². The van der Waals surface area contributed by atoms with Gasteiger partial charge in [-0.05, 0) is 42.0 Å². The first kappa shape index (κ1) is 18.6. The van der Waals surface area contributed by atoms with Crippen molar-refractivity contribution in [2.75, 3.05) is 5.75 Å². The van der Waals surface area contributed by atoms with E-state index in [1.54, 1.807) is 36.4 Å². The molecule has 0 amide bonds. The molecule has 8 heteroatoms. The summed E-state index contributed by atoms with van der Waals surface area (Å²) in [5, 5.41) is 9.48. The van der Waals surface area contributed by atoms with Crippen LogP contribution in [-0.2, 0) is 6.42 Å². The molecule has 0 saturated heterocycles. The molecule has 0 fully saturated rings. The van der Waals surface area contributed by atoms with Gasteiger partial charge in [-0.3, -0.25) is 14.6 Å². The highest BCUT2D eigenvalue weighted by Gasteiger charge is 2.10. The first-order valence-corrected chi connectivity index (χ1v) is 9.37. The lowest BCUT2D eigenvalue weighted by Gasteiger charge is -2.03. The van der Waals surface area contributed by atoms with Gasteiger partial charge in [-0.1, -0.05) is 47.1 Å². The van der Waals surface area contributed by atoms with E-state index in [0.717, 1.165) is 17.3 Å². The molecule has 1 aromatic heterocycles. The Bertz CT molecular complexity index is 973. The SMILES string of the molecule is O=C(CSc1nnc(Cc2ccc(Cl)cc2)c(=O)[nH]1)c1ccc(Cl)cc1. The molecular weight excluding hydrogens is 393 g/mol. The molecule has 3 aromatic rings. The minimum atomic E-state index is -0.323. The number of aromatic nitrogens is 3. The van der Waals surface area contributed by atoms with Crippen molar-refractivity contribution in [3.63, 3.8) is 0 Å². The van der Waals surface area contributed by atoms with Crippen molar-refractivity contribution in [3.8, 4) is 0 Å². The number of carbonyl (C=O) groups is 1. The maximum absolute atomic E-state index is 12.2. The number of hydrogen-bond donors (Lipinski definition) is 1. The molecule has 0 atom stereocenters. The summed E-state index contributed by atoms with van der Waals surface area (Å²) in [7, 11) is 0. The second-order valence-electron chi connectivity index (χ2n) is 5.43. The monoisotopic (exact) mass is 405 g/mol. The van der Waals surface area contributed by atoms with Crippen molar-refractivity contribution in [3.05, 3.63) is 85.8 Å². The Balaban J connectivity index is 1.63. The molecule has 1 N–H and O–H groups in total. The summed E-state index contributed by atoms with van der Waals surface area (Å²) in [5.41, 5.74) is 1.45. The van der Waals surface area contributed by atoms with Crippen LogP contribution in [0.1, 0.15) is 21.6 Å². The van der Waals surface area contributed by atoms with Crippen molar-refractivity contribution in [1.82, 2.24) is 15.2 Å². The number of carbonyl (C=O) groups excluding carboxylic acids is 1. The Morgan fingerprint density at radius 2 is 1.58 bits per heavy atom. The predicted molar refractivity (Wildman–Crippen MR) is 103 cm³/mol. The summed E-state index contributed by atoms with van der Waals surface area (Å²) < 4.78 is 0. The zero-order chi connectivity index (χ0) is 18.5. The number of aromatic amines is 1. The molecule has 0 aliphatic heterocycles. The number of nitrogens with zero attached hydrogens (tertiary/aromatic N) is 2. The maximum atomic E-state index is 12.2. The highest BCUT2D eigenvalue weighted by molar-refractivity contribution is 7.99. The highest BCUT2D eigenvalue weighted by Crippen LogP contribution is 2.16. The fourth-order valence-electron chi connectivity index (χ4n) is 2.17. The van der Waals surface area contributed by atoms with E-state index >= 15 is 0 Å². The van der Waals surface area contributed by atoms with Crippen LogP contribution in [0, 0.1) is 0 Å². The molecule has 2 aromatic carbocycles. The summed E-state index contributed by atoms with van der Waals surface area (Å²) in [4.78, 5) is 27.0. The van der Waals surface area contributed by atoms with Gasteiger partial charge in [0, 0.05) is 22.0 Å². The first-order chi connectivity index (χ1) is 12.5. The lowest BCUT2D eigenvalue weighted by atomic mass is 10.1. The average molecular weight is 406 g/mol. The minimum absolute atomic E-state index is 0.0837. The van der Waals surface area contributed by atoms with Crippen LogP contribution in [0.3, 0.4) is 0 Å². The molecular formula is C18H13Cl2N3O2S. The lowest BCUT2D eigenvalue weighted by molar-refractivity contribution is 0.102. The molecule has 0 spiro atoms. The van der Waals surface area contributed by atoms with Crippen molar-refractivity contribution in [1.29, 1.82) is 0 Å². The number of halogens is 2. The quantitative estimate of drug-likeness (QED) is 0.494.